The van der Waals surface area contributed by atoms with Gasteiger partial charge in [-0.25, -0.2) is 13.9 Å². The van der Waals surface area contributed by atoms with E-state index in [1.807, 2.05) is 30.9 Å². The van der Waals surface area contributed by atoms with E-state index in [2.05, 4.69) is 22.2 Å². The van der Waals surface area contributed by atoms with Gasteiger partial charge < -0.3 is 10.0 Å². The first-order chi connectivity index (χ1) is 17.9. The van der Waals surface area contributed by atoms with Crippen LogP contribution in [-0.2, 0) is 17.6 Å². The average molecular weight is 499 g/mol. The minimum absolute atomic E-state index is 0.0548. The van der Waals surface area contributed by atoms with E-state index in [9.17, 15) is 14.7 Å². The first-order valence-electron chi connectivity index (χ1n) is 12.7. The molecular weight excluding hydrogens is 471 g/mol. The Morgan fingerprint density at radius 1 is 1.14 bits per heavy atom. The molecule has 1 amide bonds. The lowest BCUT2D eigenvalue weighted by atomic mass is 9.93. The third-order valence-corrected chi connectivity index (χ3v) is 7.74. The van der Waals surface area contributed by atoms with Crippen LogP contribution < -0.4 is 0 Å². The second kappa shape index (κ2) is 8.80. The summed E-state index contributed by atoms with van der Waals surface area (Å²) in [6.45, 7) is 4.64. The summed E-state index contributed by atoms with van der Waals surface area (Å²) in [5.74, 6) is -2.01. The molecule has 0 saturated heterocycles. The van der Waals surface area contributed by atoms with Crippen LogP contribution in [0.4, 0.5) is 4.39 Å². The lowest BCUT2D eigenvalue weighted by Gasteiger charge is -2.35. The zero-order chi connectivity index (χ0) is 25.8. The highest BCUT2D eigenvalue weighted by molar-refractivity contribution is 5.93. The summed E-state index contributed by atoms with van der Waals surface area (Å²) >= 11 is 0. The van der Waals surface area contributed by atoms with Crippen LogP contribution in [-0.4, -0.2) is 43.0 Å². The van der Waals surface area contributed by atoms with E-state index in [1.54, 1.807) is 28.8 Å². The zero-order valence-corrected chi connectivity index (χ0v) is 20.7. The Morgan fingerprint density at radius 3 is 2.68 bits per heavy atom. The van der Waals surface area contributed by atoms with Gasteiger partial charge in [-0.1, -0.05) is 37.3 Å². The van der Waals surface area contributed by atoms with E-state index in [0.29, 0.717) is 47.5 Å². The van der Waals surface area contributed by atoms with Crippen molar-refractivity contribution >= 4 is 17.5 Å². The van der Waals surface area contributed by atoms with Crippen LogP contribution in [0.3, 0.4) is 0 Å². The van der Waals surface area contributed by atoms with Crippen LogP contribution in [0.25, 0.3) is 16.9 Å². The van der Waals surface area contributed by atoms with E-state index in [0.717, 1.165) is 17.7 Å². The molecule has 2 aromatic carbocycles. The summed E-state index contributed by atoms with van der Waals surface area (Å²) in [4.78, 5) is 31.3. The van der Waals surface area contributed by atoms with Crippen molar-refractivity contribution in [1.82, 2.24) is 19.5 Å². The van der Waals surface area contributed by atoms with Crippen molar-refractivity contribution < 1.29 is 19.1 Å². The molecular formula is C29H27FN4O3. The smallest absolute Gasteiger partial charge is 0.307 e. The molecule has 0 bridgehead atoms. The van der Waals surface area contributed by atoms with Gasteiger partial charge in [0, 0.05) is 23.9 Å². The fraction of sp³-hybridized carbons (Fsp3) is 0.310. The number of halogens is 1. The first kappa shape index (κ1) is 23.3. The number of nitrogens with zero attached hydrogens (tertiary/aromatic N) is 4. The van der Waals surface area contributed by atoms with Gasteiger partial charge in [0.1, 0.15) is 11.5 Å². The molecule has 2 aliphatic rings. The van der Waals surface area contributed by atoms with Crippen molar-refractivity contribution in [2.24, 2.45) is 5.92 Å². The summed E-state index contributed by atoms with van der Waals surface area (Å²) < 4.78 is 16.8. The maximum atomic E-state index is 15.1. The molecule has 1 N–H and O–H groups in total. The molecule has 2 aromatic heterocycles. The Kier molecular flexibility index (Phi) is 5.55. The number of aryl methyl sites for hydroxylation is 1. The third kappa shape index (κ3) is 3.97. The zero-order valence-electron chi connectivity index (χ0n) is 20.7. The number of carboxylic acids is 1. The van der Waals surface area contributed by atoms with Crippen LogP contribution in [0.15, 0.2) is 54.6 Å². The quantitative estimate of drug-likeness (QED) is 0.416. The van der Waals surface area contributed by atoms with Crippen LogP contribution in [0.1, 0.15) is 65.1 Å². The Balaban J connectivity index is 1.32. The maximum Gasteiger partial charge on any atom is 0.307 e. The summed E-state index contributed by atoms with van der Waals surface area (Å²) in [5.41, 5.74) is 5.50. The number of rotatable bonds is 5. The van der Waals surface area contributed by atoms with Crippen LogP contribution in [0, 0.1) is 11.7 Å². The van der Waals surface area contributed by atoms with Crippen molar-refractivity contribution in [3.05, 3.63) is 88.5 Å². The molecule has 4 aromatic rings. The van der Waals surface area contributed by atoms with Gasteiger partial charge >= 0.3 is 5.97 Å². The lowest BCUT2D eigenvalue weighted by Crippen LogP contribution is -2.39. The number of aliphatic carboxylic acids is 1. The number of carbonyl (C=O) groups is 2. The van der Waals surface area contributed by atoms with Crippen molar-refractivity contribution in [3.63, 3.8) is 0 Å². The van der Waals surface area contributed by atoms with Gasteiger partial charge in [-0.05, 0) is 67.0 Å². The van der Waals surface area contributed by atoms with Gasteiger partial charge in [0.05, 0.1) is 17.7 Å². The molecule has 37 heavy (non-hydrogen) atoms. The molecule has 188 valence electrons. The van der Waals surface area contributed by atoms with Crippen LogP contribution >= 0.6 is 0 Å². The molecule has 1 aliphatic heterocycles. The second-order valence-electron chi connectivity index (χ2n) is 9.94. The number of carbonyl (C=O) groups excluding carboxylic acids is 1. The first-order valence-corrected chi connectivity index (χ1v) is 12.7. The maximum absolute atomic E-state index is 15.1. The minimum Gasteiger partial charge on any atom is -0.481 e. The SMILES string of the molecule is CCc1cc(C(=O)N2CCc3ccccc3[C@H]2C)nc2cc(-c3ccc(C4C[C@H]4C(=O)O)cc3F)nn12. The van der Waals surface area contributed by atoms with Crippen LogP contribution in [0.2, 0.25) is 0 Å². The van der Waals surface area contributed by atoms with Gasteiger partial charge in [0.2, 0.25) is 0 Å². The Labute approximate surface area is 213 Å². The van der Waals surface area contributed by atoms with Crippen LogP contribution in [0.5, 0.6) is 0 Å². The predicted octanol–water partition coefficient (Wildman–Crippen LogP) is 5.05. The monoisotopic (exact) mass is 498 g/mol. The summed E-state index contributed by atoms with van der Waals surface area (Å²) in [7, 11) is 0. The van der Waals surface area contributed by atoms with Gasteiger partial charge in [-0.2, -0.15) is 5.10 Å². The largest absolute Gasteiger partial charge is 0.481 e. The molecule has 3 atom stereocenters. The van der Waals surface area contributed by atoms with Gasteiger partial charge in [-0.15, -0.1) is 0 Å². The van der Waals surface area contributed by atoms with E-state index in [1.165, 1.54) is 11.6 Å². The lowest BCUT2D eigenvalue weighted by molar-refractivity contribution is -0.138. The average Bonchev–Trinajstić information content (AvgIpc) is 3.60. The number of hydrogen-bond donors (Lipinski definition) is 1. The normalized spacial score (nSPS) is 20.6. The fourth-order valence-electron chi connectivity index (χ4n) is 5.53. The van der Waals surface area contributed by atoms with E-state index in [4.69, 9.17) is 0 Å². The minimum atomic E-state index is -0.846. The molecule has 7 nitrogen and oxygen atoms in total. The van der Waals surface area contributed by atoms with Gasteiger partial charge in [0.15, 0.2) is 5.65 Å². The standard InChI is InChI=1S/C29H27FN4O3/c1-3-19-13-26(28(35)33-11-10-17-6-4-5-7-20(17)16(33)2)31-27-15-25(32-34(19)27)21-9-8-18(12-24(21)30)22-14-23(22)29(36)37/h4-9,12-13,15-16,22-23H,3,10-11,14H2,1-2H3,(H,36,37)/t16-,22?,23-/m1/s1. The molecule has 1 saturated carbocycles. The van der Waals surface area contributed by atoms with Gasteiger partial charge in [-0.3, -0.25) is 9.59 Å². The summed E-state index contributed by atoms with van der Waals surface area (Å²) in [6, 6.07) is 16.5. The predicted molar refractivity (Wildman–Crippen MR) is 136 cm³/mol. The third-order valence-electron chi connectivity index (χ3n) is 7.74. The molecule has 8 heteroatoms. The molecule has 1 unspecified atom stereocenters. The van der Waals surface area contributed by atoms with E-state index < -0.39 is 17.7 Å². The number of benzene rings is 2. The van der Waals surface area contributed by atoms with E-state index in [-0.39, 0.29) is 17.9 Å². The Bertz CT molecular complexity index is 1560. The van der Waals surface area contributed by atoms with Crippen molar-refractivity contribution in [2.45, 2.75) is 45.1 Å². The van der Waals surface area contributed by atoms with E-state index >= 15 is 4.39 Å². The molecule has 0 radical (unpaired) electrons. The number of hydrogen-bond acceptors (Lipinski definition) is 4. The fourth-order valence-corrected chi connectivity index (χ4v) is 5.53. The summed E-state index contributed by atoms with van der Waals surface area (Å²) in [5, 5.41) is 13.8. The molecule has 6 rings (SSSR count). The van der Waals surface area contributed by atoms with Crippen molar-refractivity contribution in [3.8, 4) is 11.3 Å². The number of amides is 1. The number of fused-ring (bicyclic) bond motifs is 2. The highest BCUT2D eigenvalue weighted by atomic mass is 19.1. The topological polar surface area (TPSA) is 87.8 Å². The Morgan fingerprint density at radius 2 is 1.95 bits per heavy atom. The van der Waals surface area contributed by atoms with Gasteiger partial charge in [0.25, 0.3) is 5.91 Å². The van der Waals surface area contributed by atoms with Crippen molar-refractivity contribution in [1.29, 1.82) is 0 Å². The number of carboxylic acid groups (broad SMARTS) is 1. The second-order valence-corrected chi connectivity index (χ2v) is 9.94. The van der Waals surface area contributed by atoms with Crippen molar-refractivity contribution in [2.75, 3.05) is 6.54 Å². The highest BCUT2D eigenvalue weighted by Gasteiger charge is 2.44. The summed E-state index contributed by atoms with van der Waals surface area (Å²) in [6.07, 6.45) is 1.96. The molecule has 1 fully saturated rings. The Hall–Kier alpha value is -4.07. The number of aromatic nitrogens is 3. The highest BCUT2D eigenvalue weighted by Crippen LogP contribution is 2.48. The molecule has 1 aliphatic carbocycles. The molecule has 3 heterocycles. The molecule has 0 spiro atoms.